The molecule has 1 aliphatic rings. The van der Waals surface area contributed by atoms with Gasteiger partial charge < -0.3 is 15.5 Å². The van der Waals surface area contributed by atoms with Crippen LogP contribution >= 0.6 is 11.3 Å². The number of hydrogen-bond donors (Lipinski definition) is 2. The van der Waals surface area contributed by atoms with Gasteiger partial charge in [0.15, 0.2) is 0 Å². The molecule has 140 valence electrons. The Hall–Kier alpha value is -2.15. The summed E-state index contributed by atoms with van der Waals surface area (Å²) in [6.07, 6.45) is 6.68. The normalized spacial score (nSPS) is 19.8. The van der Waals surface area contributed by atoms with E-state index < -0.39 is 0 Å². The maximum atomic E-state index is 12.0. The molecule has 2 heterocycles. The topological polar surface area (TPSA) is 70.2 Å². The van der Waals surface area contributed by atoms with Crippen molar-refractivity contribution in [2.24, 2.45) is 5.92 Å². The molecule has 0 spiro atoms. The molecule has 2 aromatic heterocycles. The second kappa shape index (κ2) is 8.98. The van der Waals surface area contributed by atoms with Crippen LogP contribution in [0.5, 0.6) is 0 Å². The second-order valence-corrected chi connectivity index (χ2v) is 8.09. The van der Waals surface area contributed by atoms with Crippen molar-refractivity contribution in [3.63, 3.8) is 0 Å². The lowest BCUT2D eigenvalue weighted by molar-refractivity contribution is -0.120. The lowest BCUT2D eigenvalue weighted by Crippen LogP contribution is -2.34. The van der Waals surface area contributed by atoms with Crippen LogP contribution < -0.4 is 15.5 Å². The highest BCUT2D eigenvalue weighted by Gasteiger charge is 2.22. The lowest BCUT2D eigenvalue weighted by Gasteiger charge is -2.29. The molecule has 1 amide bonds. The molecule has 0 bridgehead atoms. The van der Waals surface area contributed by atoms with Crippen molar-refractivity contribution in [2.75, 3.05) is 30.9 Å². The Balaban J connectivity index is 1.39. The van der Waals surface area contributed by atoms with Crippen LogP contribution in [0.25, 0.3) is 0 Å². The van der Waals surface area contributed by atoms with Crippen LogP contribution in [-0.2, 0) is 11.2 Å². The molecule has 0 radical (unpaired) electrons. The molecule has 2 N–H and O–H groups in total. The van der Waals surface area contributed by atoms with E-state index in [-0.39, 0.29) is 5.91 Å². The molecule has 7 heteroatoms. The predicted octanol–water partition coefficient (Wildman–Crippen LogP) is 2.93. The van der Waals surface area contributed by atoms with Gasteiger partial charge in [-0.1, -0.05) is 6.07 Å². The van der Waals surface area contributed by atoms with Gasteiger partial charge in [0.05, 0.1) is 6.42 Å². The minimum absolute atomic E-state index is 0.126. The molecule has 0 saturated heterocycles. The van der Waals surface area contributed by atoms with Crippen molar-refractivity contribution in [2.45, 2.75) is 38.1 Å². The summed E-state index contributed by atoms with van der Waals surface area (Å²) in [7, 11) is 3.95. The van der Waals surface area contributed by atoms with Gasteiger partial charge in [0, 0.05) is 37.8 Å². The summed E-state index contributed by atoms with van der Waals surface area (Å²) >= 11 is 1.63. The van der Waals surface area contributed by atoms with Crippen LogP contribution in [0, 0.1) is 5.92 Å². The van der Waals surface area contributed by atoms with E-state index in [1.165, 1.54) is 0 Å². The fraction of sp³-hybridized carbons (Fsp3) is 0.526. The van der Waals surface area contributed by atoms with E-state index in [2.05, 4.69) is 20.6 Å². The summed E-state index contributed by atoms with van der Waals surface area (Å²) in [6, 6.07) is 6.31. The molecular formula is C19H27N5OS. The number of rotatable bonds is 7. The number of nitrogens with one attached hydrogen (secondary N) is 2. The Labute approximate surface area is 159 Å². The summed E-state index contributed by atoms with van der Waals surface area (Å²) in [5.41, 5.74) is 0. The molecule has 2 aromatic rings. The zero-order valence-electron chi connectivity index (χ0n) is 15.4. The molecular weight excluding hydrogens is 346 g/mol. The highest BCUT2D eigenvalue weighted by molar-refractivity contribution is 7.10. The van der Waals surface area contributed by atoms with E-state index in [1.807, 2.05) is 42.6 Å². The molecule has 6 nitrogen and oxygen atoms in total. The fourth-order valence-electron chi connectivity index (χ4n) is 3.25. The fourth-order valence-corrected chi connectivity index (χ4v) is 3.96. The van der Waals surface area contributed by atoms with E-state index in [0.29, 0.717) is 24.3 Å². The molecule has 1 aliphatic carbocycles. The van der Waals surface area contributed by atoms with Gasteiger partial charge in [-0.3, -0.25) is 4.79 Å². The van der Waals surface area contributed by atoms with Gasteiger partial charge in [0.2, 0.25) is 11.9 Å². The summed E-state index contributed by atoms with van der Waals surface area (Å²) in [5, 5.41) is 8.56. The first-order valence-corrected chi connectivity index (χ1v) is 10.0. The van der Waals surface area contributed by atoms with E-state index in [4.69, 9.17) is 0 Å². The van der Waals surface area contributed by atoms with Crippen LogP contribution in [0.4, 0.5) is 11.8 Å². The third-order valence-electron chi connectivity index (χ3n) is 4.78. The van der Waals surface area contributed by atoms with Crippen molar-refractivity contribution >= 4 is 29.0 Å². The Kier molecular flexibility index (Phi) is 6.44. The smallest absolute Gasteiger partial charge is 0.225 e. The van der Waals surface area contributed by atoms with Crippen molar-refractivity contribution in [3.05, 3.63) is 34.7 Å². The predicted molar refractivity (Wildman–Crippen MR) is 107 cm³/mol. The van der Waals surface area contributed by atoms with Gasteiger partial charge in [0.25, 0.3) is 0 Å². The summed E-state index contributed by atoms with van der Waals surface area (Å²) < 4.78 is 0. The van der Waals surface area contributed by atoms with Crippen LogP contribution in [-0.4, -0.2) is 42.6 Å². The van der Waals surface area contributed by atoms with Crippen molar-refractivity contribution < 1.29 is 4.79 Å². The molecule has 26 heavy (non-hydrogen) atoms. The Morgan fingerprint density at radius 3 is 2.77 bits per heavy atom. The Morgan fingerprint density at radius 1 is 1.27 bits per heavy atom. The van der Waals surface area contributed by atoms with Crippen molar-refractivity contribution in [3.8, 4) is 0 Å². The van der Waals surface area contributed by atoms with Crippen LogP contribution in [0.2, 0.25) is 0 Å². The third-order valence-corrected chi connectivity index (χ3v) is 5.66. The van der Waals surface area contributed by atoms with E-state index in [9.17, 15) is 4.79 Å². The van der Waals surface area contributed by atoms with Gasteiger partial charge in [-0.15, -0.1) is 11.3 Å². The molecule has 0 unspecified atom stereocenters. The van der Waals surface area contributed by atoms with Gasteiger partial charge in [-0.25, -0.2) is 4.98 Å². The summed E-state index contributed by atoms with van der Waals surface area (Å²) in [6.45, 7) is 0.781. The largest absolute Gasteiger partial charge is 0.363 e. The monoisotopic (exact) mass is 373 g/mol. The van der Waals surface area contributed by atoms with E-state index in [1.54, 1.807) is 17.5 Å². The minimum atomic E-state index is 0.126. The number of carbonyl (C=O) groups excluding carboxylic acids is 1. The van der Waals surface area contributed by atoms with Gasteiger partial charge in [-0.2, -0.15) is 4.98 Å². The number of amides is 1. The molecule has 0 atom stereocenters. The number of anilines is 2. The van der Waals surface area contributed by atoms with Gasteiger partial charge >= 0.3 is 0 Å². The lowest BCUT2D eigenvalue weighted by atomic mass is 9.86. The number of aromatic nitrogens is 2. The summed E-state index contributed by atoms with van der Waals surface area (Å²) in [4.78, 5) is 24.0. The number of hydrogen-bond acceptors (Lipinski definition) is 6. The molecule has 3 rings (SSSR count). The number of nitrogens with zero attached hydrogens (tertiary/aromatic N) is 3. The first-order valence-electron chi connectivity index (χ1n) is 9.16. The SMILES string of the molecule is CN(C)c1ccnc(N[C@H]2CC[C@@H](CNC(=O)Cc3cccs3)CC2)n1. The van der Waals surface area contributed by atoms with Crippen LogP contribution in [0.3, 0.4) is 0 Å². The number of thiophene rings is 1. The minimum Gasteiger partial charge on any atom is -0.363 e. The quantitative estimate of drug-likeness (QED) is 0.781. The van der Waals surface area contributed by atoms with E-state index in [0.717, 1.165) is 42.9 Å². The van der Waals surface area contributed by atoms with Gasteiger partial charge in [0.1, 0.15) is 5.82 Å². The average molecular weight is 374 g/mol. The Morgan fingerprint density at radius 2 is 2.08 bits per heavy atom. The number of carbonyl (C=O) groups is 1. The summed E-state index contributed by atoms with van der Waals surface area (Å²) in [5.74, 6) is 2.30. The van der Waals surface area contributed by atoms with Crippen molar-refractivity contribution in [1.82, 2.24) is 15.3 Å². The zero-order valence-corrected chi connectivity index (χ0v) is 16.3. The van der Waals surface area contributed by atoms with Crippen LogP contribution in [0.1, 0.15) is 30.6 Å². The van der Waals surface area contributed by atoms with Crippen molar-refractivity contribution in [1.29, 1.82) is 0 Å². The molecule has 0 aliphatic heterocycles. The molecule has 0 aromatic carbocycles. The molecule has 1 saturated carbocycles. The standard InChI is InChI=1S/C19H27N5OS/c1-24(2)17-9-10-20-19(23-17)22-15-7-5-14(6-8-15)13-21-18(25)12-16-4-3-11-26-16/h3-4,9-11,14-15H,5-8,12-13H2,1-2H3,(H,21,25)(H,20,22,23)/t14-,15+. The second-order valence-electron chi connectivity index (χ2n) is 7.06. The maximum absolute atomic E-state index is 12.0. The first kappa shape index (κ1) is 18.6. The Bertz CT molecular complexity index is 696. The average Bonchev–Trinajstić information content (AvgIpc) is 3.14. The zero-order chi connectivity index (χ0) is 18.4. The highest BCUT2D eigenvalue weighted by Crippen LogP contribution is 2.25. The highest BCUT2D eigenvalue weighted by atomic mass is 32.1. The van der Waals surface area contributed by atoms with E-state index >= 15 is 0 Å². The van der Waals surface area contributed by atoms with Gasteiger partial charge in [-0.05, 0) is 49.1 Å². The maximum Gasteiger partial charge on any atom is 0.225 e. The third kappa shape index (κ3) is 5.42. The van der Waals surface area contributed by atoms with Crippen LogP contribution in [0.15, 0.2) is 29.8 Å². The first-order chi connectivity index (χ1) is 12.6. The molecule has 1 fully saturated rings.